The summed E-state index contributed by atoms with van der Waals surface area (Å²) in [6, 6.07) is 4.81. The van der Waals surface area contributed by atoms with Gasteiger partial charge < -0.3 is 14.8 Å². The van der Waals surface area contributed by atoms with Crippen LogP contribution in [-0.2, 0) is 4.79 Å². The average Bonchev–Trinajstić information content (AvgIpc) is 2.78. The number of benzene rings is 1. The zero-order valence-electron chi connectivity index (χ0n) is 12.2. The smallest absolute Gasteiger partial charge is 0.326 e. The second-order valence-electron chi connectivity index (χ2n) is 4.71. The molecule has 0 aliphatic carbocycles. The Morgan fingerprint density at radius 1 is 1.24 bits per heavy atom. The number of rotatable bonds is 5. The maximum Gasteiger partial charge on any atom is 0.326 e. The van der Waals surface area contributed by atoms with Crippen molar-refractivity contribution in [2.75, 3.05) is 7.11 Å². The molecule has 0 aromatic heterocycles. The molecule has 1 aromatic rings. The summed E-state index contributed by atoms with van der Waals surface area (Å²) in [7, 11) is 1.56. The molecule has 0 bridgehead atoms. The molecule has 1 heterocycles. The van der Waals surface area contributed by atoms with Gasteiger partial charge in [-0.1, -0.05) is 13.0 Å². The highest BCUT2D eigenvalue weighted by molar-refractivity contribution is 6.13. The topological polar surface area (TPSA) is 76.7 Å². The Morgan fingerprint density at radius 3 is 2.57 bits per heavy atom. The van der Waals surface area contributed by atoms with Crippen LogP contribution < -0.4 is 20.1 Å². The van der Waals surface area contributed by atoms with Gasteiger partial charge in [-0.2, -0.15) is 0 Å². The molecular formula is C15H18N2O4. The lowest BCUT2D eigenvalue weighted by molar-refractivity contribution is -0.115. The molecule has 0 radical (unpaired) electrons. The first-order valence-corrected chi connectivity index (χ1v) is 6.72. The van der Waals surface area contributed by atoms with Crippen molar-refractivity contribution in [1.82, 2.24) is 10.6 Å². The molecule has 2 rings (SSSR count). The van der Waals surface area contributed by atoms with Crippen LogP contribution in [0.4, 0.5) is 4.79 Å². The van der Waals surface area contributed by atoms with Crippen molar-refractivity contribution in [3.8, 4) is 11.5 Å². The van der Waals surface area contributed by atoms with Gasteiger partial charge in [0, 0.05) is 0 Å². The minimum atomic E-state index is -0.519. The van der Waals surface area contributed by atoms with Crippen molar-refractivity contribution in [2.45, 2.75) is 26.4 Å². The van der Waals surface area contributed by atoms with Crippen LogP contribution in [0.1, 0.15) is 25.8 Å². The minimum absolute atomic E-state index is 0.0861. The molecule has 21 heavy (non-hydrogen) atoms. The van der Waals surface area contributed by atoms with Crippen molar-refractivity contribution in [3.05, 3.63) is 29.5 Å². The summed E-state index contributed by atoms with van der Waals surface area (Å²) in [6.45, 7) is 4.02. The van der Waals surface area contributed by atoms with E-state index in [4.69, 9.17) is 9.47 Å². The third-order valence-electron chi connectivity index (χ3n) is 3.12. The van der Waals surface area contributed by atoms with E-state index in [1.807, 2.05) is 13.8 Å². The third kappa shape index (κ3) is 3.53. The number of amides is 3. The molecule has 2 N–H and O–H groups in total. The van der Waals surface area contributed by atoms with Gasteiger partial charge in [0.2, 0.25) is 0 Å². The van der Waals surface area contributed by atoms with E-state index in [1.54, 1.807) is 31.4 Å². The summed E-state index contributed by atoms with van der Waals surface area (Å²) in [5.74, 6) is 0.780. The summed E-state index contributed by atoms with van der Waals surface area (Å²) in [5.41, 5.74) is 0.938. The van der Waals surface area contributed by atoms with Crippen molar-refractivity contribution in [1.29, 1.82) is 0 Å². The predicted molar refractivity (Wildman–Crippen MR) is 78.0 cm³/mol. The Labute approximate surface area is 123 Å². The van der Waals surface area contributed by atoms with Crippen LogP contribution >= 0.6 is 0 Å². The molecule has 1 aliphatic heterocycles. The van der Waals surface area contributed by atoms with Crippen molar-refractivity contribution < 1.29 is 19.1 Å². The van der Waals surface area contributed by atoms with E-state index < -0.39 is 11.9 Å². The van der Waals surface area contributed by atoms with Gasteiger partial charge in [0.05, 0.1) is 13.2 Å². The summed E-state index contributed by atoms with van der Waals surface area (Å²) in [5, 5.41) is 4.58. The van der Waals surface area contributed by atoms with Crippen molar-refractivity contribution in [3.63, 3.8) is 0 Å². The van der Waals surface area contributed by atoms with E-state index in [-0.39, 0.29) is 11.8 Å². The Morgan fingerprint density at radius 2 is 2.00 bits per heavy atom. The highest BCUT2D eigenvalue weighted by Gasteiger charge is 2.22. The van der Waals surface area contributed by atoms with E-state index in [2.05, 4.69) is 10.6 Å². The number of urea groups is 1. The Bertz CT molecular complexity index is 595. The zero-order valence-corrected chi connectivity index (χ0v) is 12.2. The predicted octanol–water partition coefficient (Wildman–Crippen LogP) is 2.05. The van der Waals surface area contributed by atoms with Crippen molar-refractivity contribution in [2.24, 2.45) is 0 Å². The van der Waals surface area contributed by atoms with Gasteiger partial charge in [-0.3, -0.25) is 10.1 Å². The van der Waals surface area contributed by atoms with E-state index >= 15 is 0 Å². The fourth-order valence-electron chi connectivity index (χ4n) is 1.82. The van der Waals surface area contributed by atoms with Crippen LogP contribution in [0.25, 0.3) is 6.08 Å². The summed E-state index contributed by atoms with van der Waals surface area (Å²) in [6.07, 6.45) is 2.56. The van der Waals surface area contributed by atoms with Gasteiger partial charge in [-0.25, -0.2) is 4.79 Å². The number of hydrogen-bond acceptors (Lipinski definition) is 4. The van der Waals surface area contributed by atoms with Gasteiger partial charge in [-0.15, -0.1) is 0 Å². The Balaban J connectivity index is 2.25. The number of carbonyl (C=O) groups excluding carboxylic acids is 2. The molecule has 1 aliphatic rings. The normalized spacial score (nSPS) is 17.4. The minimum Gasteiger partial charge on any atom is -0.493 e. The molecule has 112 valence electrons. The van der Waals surface area contributed by atoms with E-state index in [0.29, 0.717) is 11.5 Å². The van der Waals surface area contributed by atoms with Crippen LogP contribution in [-0.4, -0.2) is 25.2 Å². The lowest BCUT2D eigenvalue weighted by Gasteiger charge is -2.15. The fourth-order valence-corrected chi connectivity index (χ4v) is 1.82. The van der Waals surface area contributed by atoms with Crippen LogP contribution in [0.2, 0.25) is 0 Å². The lowest BCUT2D eigenvalue weighted by atomic mass is 10.1. The first kappa shape index (κ1) is 14.9. The first-order valence-electron chi connectivity index (χ1n) is 6.72. The monoisotopic (exact) mass is 290 g/mol. The van der Waals surface area contributed by atoms with Crippen LogP contribution in [0.15, 0.2) is 23.9 Å². The fraction of sp³-hybridized carbons (Fsp3) is 0.333. The average molecular weight is 290 g/mol. The molecule has 1 fully saturated rings. The van der Waals surface area contributed by atoms with Gasteiger partial charge in [0.15, 0.2) is 11.5 Å². The molecule has 1 saturated heterocycles. The van der Waals surface area contributed by atoms with Crippen LogP contribution in [0, 0.1) is 0 Å². The first-order chi connectivity index (χ1) is 10.0. The lowest BCUT2D eigenvalue weighted by Crippen LogP contribution is -2.22. The quantitative estimate of drug-likeness (QED) is 0.643. The molecular weight excluding hydrogens is 272 g/mol. The number of ether oxygens (including phenoxy) is 2. The molecule has 6 heteroatoms. The van der Waals surface area contributed by atoms with Crippen LogP contribution in [0.3, 0.4) is 0 Å². The molecule has 6 nitrogen and oxygen atoms in total. The maximum atomic E-state index is 11.5. The zero-order chi connectivity index (χ0) is 15.4. The van der Waals surface area contributed by atoms with E-state index in [9.17, 15) is 9.59 Å². The third-order valence-corrected chi connectivity index (χ3v) is 3.12. The standard InChI is InChI=1S/C15H18N2O4/c1-4-9(2)21-12-6-5-10(8-13(12)20-3)7-11-14(18)17-15(19)16-11/h5-9H,4H2,1-3H3,(H2,16,17,18,19). The second-order valence-corrected chi connectivity index (χ2v) is 4.71. The van der Waals surface area contributed by atoms with Crippen molar-refractivity contribution >= 4 is 18.0 Å². The Hall–Kier alpha value is -2.50. The highest BCUT2D eigenvalue weighted by Crippen LogP contribution is 2.30. The summed E-state index contributed by atoms with van der Waals surface area (Å²) in [4.78, 5) is 22.5. The molecule has 3 amide bonds. The molecule has 1 unspecified atom stereocenters. The van der Waals surface area contributed by atoms with Gasteiger partial charge in [0.1, 0.15) is 5.70 Å². The number of hydrogen-bond donors (Lipinski definition) is 2. The molecule has 0 saturated carbocycles. The molecule has 1 atom stereocenters. The SMILES string of the molecule is CCC(C)Oc1ccc(C=C2NC(=O)NC2=O)cc1OC. The Kier molecular flexibility index (Phi) is 4.47. The number of imide groups is 1. The summed E-state index contributed by atoms with van der Waals surface area (Å²) >= 11 is 0. The number of methoxy groups -OCH3 is 1. The number of carbonyl (C=O) groups is 2. The maximum absolute atomic E-state index is 11.5. The van der Waals surface area contributed by atoms with E-state index in [1.165, 1.54) is 0 Å². The summed E-state index contributed by atoms with van der Waals surface area (Å²) < 4.78 is 11.1. The molecule has 0 spiro atoms. The van der Waals surface area contributed by atoms with Gasteiger partial charge in [-0.05, 0) is 37.1 Å². The highest BCUT2D eigenvalue weighted by atomic mass is 16.5. The van der Waals surface area contributed by atoms with Gasteiger partial charge in [0.25, 0.3) is 5.91 Å². The van der Waals surface area contributed by atoms with Gasteiger partial charge >= 0.3 is 6.03 Å². The van der Waals surface area contributed by atoms with Crippen LogP contribution in [0.5, 0.6) is 11.5 Å². The molecule has 1 aromatic carbocycles. The van der Waals surface area contributed by atoms with E-state index in [0.717, 1.165) is 12.0 Å². The number of nitrogens with one attached hydrogen (secondary N) is 2. The second kappa shape index (κ2) is 6.30. The largest absolute Gasteiger partial charge is 0.493 e.